The zero-order valence-corrected chi connectivity index (χ0v) is 15.2. The maximum absolute atomic E-state index is 11.8. The number of carbonyl (C=O) groups is 1. The number of hydrogen-bond donors (Lipinski definition) is 1. The summed E-state index contributed by atoms with van der Waals surface area (Å²) in [4.78, 5) is 11.8. The Balaban J connectivity index is 1.45. The molecule has 0 fully saturated rings. The Morgan fingerprint density at radius 1 is 1.28 bits per heavy atom. The van der Waals surface area contributed by atoms with E-state index in [-0.39, 0.29) is 11.7 Å². The van der Waals surface area contributed by atoms with E-state index in [1.807, 2.05) is 0 Å². The van der Waals surface area contributed by atoms with E-state index in [0.717, 1.165) is 11.4 Å². The molecule has 0 unspecified atom stereocenters. The summed E-state index contributed by atoms with van der Waals surface area (Å²) in [5.41, 5.74) is 0. The molecule has 0 saturated heterocycles. The molecule has 3 aromatic rings. The van der Waals surface area contributed by atoms with Crippen LogP contribution in [0.25, 0.3) is 0 Å². The maximum Gasteiger partial charge on any atom is 0.293 e. The van der Waals surface area contributed by atoms with E-state index in [4.69, 9.17) is 32.4 Å². The molecule has 0 radical (unpaired) electrons. The van der Waals surface area contributed by atoms with Crippen LogP contribution in [0.15, 0.2) is 41.0 Å². The predicted octanol–water partition coefficient (Wildman–Crippen LogP) is 4.70. The first-order chi connectivity index (χ1) is 12.1. The van der Waals surface area contributed by atoms with Crippen LogP contribution in [-0.4, -0.2) is 22.7 Å². The molecule has 0 spiro atoms. The molecule has 9 heteroatoms. The van der Waals surface area contributed by atoms with Crippen LogP contribution in [0.1, 0.15) is 22.0 Å². The molecule has 6 nitrogen and oxygen atoms in total. The fraction of sp³-hybridized carbons (Fsp3) is 0.188. The van der Waals surface area contributed by atoms with Crippen molar-refractivity contribution in [2.24, 2.45) is 0 Å². The molecular formula is C16H13Cl2N3O3S. The van der Waals surface area contributed by atoms with E-state index in [0.29, 0.717) is 34.0 Å². The molecule has 2 aromatic heterocycles. The summed E-state index contributed by atoms with van der Waals surface area (Å²) in [6, 6.07) is 8.32. The van der Waals surface area contributed by atoms with Gasteiger partial charge in [0.2, 0.25) is 5.13 Å². The van der Waals surface area contributed by atoms with Gasteiger partial charge in [-0.25, -0.2) is 0 Å². The summed E-state index contributed by atoms with van der Waals surface area (Å²) in [5, 5.41) is 12.9. The van der Waals surface area contributed by atoms with Crippen LogP contribution in [-0.2, 0) is 6.42 Å². The number of amides is 1. The minimum atomic E-state index is -0.353. The molecule has 3 rings (SSSR count). The number of halogens is 2. The van der Waals surface area contributed by atoms with Gasteiger partial charge >= 0.3 is 0 Å². The van der Waals surface area contributed by atoms with Crippen molar-refractivity contribution >= 4 is 45.6 Å². The number of benzene rings is 1. The molecule has 130 valence electrons. The summed E-state index contributed by atoms with van der Waals surface area (Å²) >= 11 is 13.2. The topological polar surface area (TPSA) is 77.2 Å². The highest BCUT2D eigenvalue weighted by Crippen LogP contribution is 2.27. The average Bonchev–Trinajstić information content (AvgIpc) is 3.25. The lowest BCUT2D eigenvalue weighted by Crippen LogP contribution is -2.10. The second-order valence-electron chi connectivity index (χ2n) is 4.96. The standard InChI is InChI=1S/C16H13Cl2N3O3S/c17-10-5-6-12(11(18)9-10)23-8-2-4-14-20-21-16(25-14)19-15(22)13-3-1-7-24-13/h1,3,5-7,9H,2,4,8H2,(H,19,21,22). The Bertz CT molecular complexity index is 852. The van der Waals surface area contributed by atoms with Gasteiger partial charge in [-0.15, -0.1) is 10.2 Å². The predicted molar refractivity (Wildman–Crippen MR) is 96.8 cm³/mol. The summed E-state index contributed by atoms with van der Waals surface area (Å²) in [6.07, 6.45) is 2.85. The van der Waals surface area contributed by atoms with Crippen LogP contribution < -0.4 is 10.1 Å². The number of nitrogens with one attached hydrogen (secondary N) is 1. The summed E-state index contributed by atoms with van der Waals surface area (Å²) in [5.74, 6) is 0.466. The van der Waals surface area contributed by atoms with Gasteiger partial charge in [0.15, 0.2) is 5.76 Å². The van der Waals surface area contributed by atoms with Crippen LogP contribution in [0.5, 0.6) is 5.75 Å². The second kappa shape index (κ2) is 8.33. The van der Waals surface area contributed by atoms with Crippen molar-refractivity contribution in [1.82, 2.24) is 10.2 Å². The van der Waals surface area contributed by atoms with Gasteiger partial charge in [-0.3, -0.25) is 10.1 Å². The van der Waals surface area contributed by atoms with Crippen molar-refractivity contribution in [2.45, 2.75) is 12.8 Å². The van der Waals surface area contributed by atoms with Gasteiger partial charge in [0.1, 0.15) is 10.8 Å². The molecule has 25 heavy (non-hydrogen) atoms. The molecule has 0 atom stereocenters. The highest BCUT2D eigenvalue weighted by Gasteiger charge is 2.12. The van der Waals surface area contributed by atoms with Gasteiger partial charge in [-0.05, 0) is 36.8 Å². The van der Waals surface area contributed by atoms with Crippen LogP contribution in [0.3, 0.4) is 0 Å². The fourth-order valence-corrected chi connectivity index (χ4v) is 3.21. The minimum Gasteiger partial charge on any atom is -0.492 e. The summed E-state index contributed by atoms with van der Waals surface area (Å²) < 4.78 is 10.6. The van der Waals surface area contributed by atoms with E-state index in [2.05, 4.69) is 15.5 Å². The van der Waals surface area contributed by atoms with Gasteiger partial charge < -0.3 is 9.15 Å². The van der Waals surface area contributed by atoms with Crippen LogP contribution in [0.2, 0.25) is 10.0 Å². The number of carbonyl (C=O) groups excluding carboxylic acids is 1. The number of aryl methyl sites for hydroxylation is 1. The van der Waals surface area contributed by atoms with Crippen molar-refractivity contribution in [3.8, 4) is 5.75 Å². The number of nitrogens with zero attached hydrogens (tertiary/aromatic N) is 2. The molecule has 1 amide bonds. The highest BCUT2D eigenvalue weighted by molar-refractivity contribution is 7.15. The van der Waals surface area contributed by atoms with Gasteiger partial charge in [-0.2, -0.15) is 0 Å². The zero-order valence-electron chi connectivity index (χ0n) is 12.9. The van der Waals surface area contributed by atoms with Crippen molar-refractivity contribution in [3.05, 3.63) is 57.4 Å². The van der Waals surface area contributed by atoms with E-state index < -0.39 is 0 Å². The third-order valence-electron chi connectivity index (χ3n) is 3.12. The van der Waals surface area contributed by atoms with E-state index in [1.54, 1.807) is 30.3 Å². The normalized spacial score (nSPS) is 10.6. The first-order valence-corrected chi connectivity index (χ1v) is 8.94. The summed E-state index contributed by atoms with van der Waals surface area (Å²) in [6.45, 7) is 0.481. The molecule has 2 heterocycles. The Hall–Kier alpha value is -2.09. The Kier molecular flexibility index (Phi) is 5.91. The van der Waals surface area contributed by atoms with Crippen LogP contribution in [0, 0.1) is 0 Å². The van der Waals surface area contributed by atoms with E-state index in [1.165, 1.54) is 17.6 Å². The molecule has 0 aliphatic carbocycles. The lowest BCUT2D eigenvalue weighted by Gasteiger charge is -2.07. The molecule has 1 aromatic carbocycles. The van der Waals surface area contributed by atoms with Gasteiger partial charge in [0, 0.05) is 11.4 Å². The number of furan rings is 1. The first-order valence-electron chi connectivity index (χ1n) is 7.37. The maximum atomic E-state index is 11.8. The largest absolute Gasteiger partial charge is 0.492 e. The van der Waals surface area contributed by atoms with Crippen molar-refractivity contribution in [1.29, 1.82) is 0 Å². The molecule has 0 aliphatic heterocycles. The van der Waals surface area contributed by atoms with Crippen molar-refractivity contribution in [2.75, 3.05) is 11.9 Å². The molecule has 0 aliphatic rings. The van der Waals surface area contributed by atoms with E-state index in [9.17, 15) is 4.79 Å². The number of aromatic nitrogens is 2. The minimum absolute atomic E-state index is 0.227. The Morgan fingerprint density at radius 3 is 2.92 bits per heavy atom. The van der Waals surface area contributed by atoms with Gasteiger partial charge in [0.25, 0.3) is 5.91 Å². The average molecular weight is 398 g/mol. The SMILES string of the molecule is O=C(Nc1nnc(CCCOc2ccc(Cl)cc2Cl)s1)c1ccco1. The number of ether oxygens (including phenoxy) is 1. The Labute approximate surface area is 157 Å². The third-order valence-corrected chi connectivity index (χ3v) is 4.55. The monoisotopic (exact) mass is 397 g/mol. The van der Waals surface area contributed by atoms with E-state index >= 15 is 0 Å². The van der Waals surface area contributed by atoms with Crippen molar-refractivity contribution < 1.29 is 13.9 Å². The second-order valence-corrected chi connectivity index (χ2v) is 6.86. The number of anilines is 1. The zero-order chi connectivity index (χ0) is 17.6. The number of rotatable bonds is 7. The molecule has 0 bridgehead atoms. The third kappa shape index (κ3) is 4.94. The number of hydrogen-bond acceptors (Lipinski definition) is 6. The Morgan fingerprint density at radius 2 is 2.16 bits per heavy atom. The quantitative estimate of drug-likeness (QED) is 0.584. The van der Waals surface area contributed by atoms with Gasteiger partial charge in [0.05, 0.1) is 17.9 Å². The highest BCUT2D eigenvalue weighted by atomic mass is 35.5. The van der Waals surface area contributed by atoms with Crippen LogP contribution in [0.4, 0.5) is 5.13 Å². The lowest BCUT2D eigenvalue weighted by atomic mass is 10.3. The molecular weight excluding hydrogens is 385 g/mol. The molecule has 0 saturated carbocycles. The van der Waals surface area contributed by atoms with Gasteiger partial charge in [-0.1, -0.05) is 34.5 Å². The first kappa shape index (κ1) is 17.7. The lowest BCUT2D eigenvalue weighted by molar-refractivity contribution is 0.0996. The summed E-state index contributed by atoms with van der Waals surface area (Å²) in [7, 11) is 0. The van der Waals surface area contributed by atoms with Crippen molar-refractivity contribution in [3.63, 3.8) is 0 Å². The molecule has 1 N–H and O–H groups in total. The fourth-order valence-electron chi connectivity index (χ4n) is 1.97. The smallest absolute Gasteiger partial charge is 0.293 e. The van der Waals surface area contributed by atoms with Crippen LogP contribution >= 0.6 is 34.5 Å².